The topological polar surface area (TPSA) is 65.6 Å². The number of anilines is 3. The highest BCUT2D eigenvalue weighted by molar-refractivity contribution is 7.80. The number of thiocarbonyl (C=S) groups is 1. The van der Waals surface area contributed by atoms with Crippen LogP contribution in [-0.4, -0.2) is 54.5 Å². The maximum absolute atomic E-state index is 5.49. The van der Waals surface area contributed by atoms with Crippen molar-refractivity contribution in [2.24, 2.45) is 0 Å². The van der Waals surface area contributed by atoms with E-state index < -0.39 is 0 Å². The SMILES string of the molecule is S=C(NCc1ccccc1)Nc1nc(N2CCCCC2)cc(N2CCOCC2)n1. The lowest BCUT2D eigenvalue weighted by Gasteiger charge is -2.31. The number of piperidine rings is 1. The lowest BCUT2D eigenvalue weighted by atomic mass is 10.1. The average Bonchev–Trinajstić information content (AvgIpc) is 2.79. The molecular weight excluding hydrogens is 384 g/mol. The average molecular weight is 413 g/mol. The Balaban J connectivity index is 1.48. The van der Waals surface area contributed by atoms with Crippen LogP contribution in [0.4, 0.5) is 17.6 Å². The summed E-state index contributed by atoms with van der Waals surface area (Å²) in [5.41, 5.74) is 1.17. The van der Waals surface area contributed by atoms with E-state index >= 15 is 0 Å². The fourth-order valence-electron chi connectivity index (χ4n) is 3.64. The van der Waals surface area contributed by atoms with Crippen LogP contribution in [0.1, 0.15) is 24.8 Å². The van der Waals surface area contributed by atoms with Gasteiger partial charge in [0, 0.05) is 38.8 Å². The molecule has 2 aliphatic heterocycles. The van der Waals surface area contributed by atoms with E-state index in [-0.39, 0.29) is 0 Å². The second kappa shape index (κ2) is 9.84. The van der Waals surface area contributed by atoms with E-state index in [1.807, 2.05) is 18.2 Å². The number of benzene rings is 1. The first kappa shape index (κ1) is 19.8. The van der Waals surface area contributed by atoms with E-state index in [9.17, 15) is 0 Å². The molecule has 3 heterocycles. The normalized spacial score (nSPS) is 17.1. The fraction of sp³-hybridized carbons (Fsp3) is 0.476. The van der Waals surface area contributed by atoms with E-state index in [1.54, 1.807) is 0 Å². The first-order valence-electron chi connectivity index (χ1n) is 10.3. The minimum atomic E-state index is 0.526. The maximum atomic E-state index is 5.49. The Labute approximate surface area is 177 Å². The zero-order chi connectivity index (χ0) is 19.9. The molecule has 1 aromatic carbocycles. The molecule has 0 amide bonds. The lowest BCUT2D eigenvalue weighted by molar-refractivity contribution is 0.122. The third-order valence-electron chi connectivity index (χ3n) is 5.24. The molecule has 0 atom stereocenters. The first-order chi connectivity index (χ1) is 14.3. The molecule has 0 spiro atoms. The number of hydrogen-bond donors (Lipinski definition) is 2. The molecule has 2 saturated heterocycles. The lowest BCUT2D eigenvalue weighted by Crippen LogP contribution is -2.38. The van der Waals surface area contributed by atoms with Gasteiger partial charge in [-0.25, -0.2) is 0 Å². The van der Waals surface area contributed by atoms with Gasteiger partial charge in [0.05, 0.1) is 13.2 Å². The van der Waals surface area contributed by atoms with Crippen molar-refractivity contribution in [1.82, 2.24) is 15.3 Å². The molecule has 2 fully saturated rings. The highest BCUT2D eigenvalue weighted by atomic mass is 32.1. The predicted octanol–water partition coefficient (Wildman–Crippen LogP) is 2.79. The molecule has 2 aliphatic rings. The second-order valence-corrected chi connectivity index (χ2v) is 7.76. The Hall–Kier alpha value is -2.45. The first-order valence-corrected chi connectivity index (χ1v) is 10.7. The van der Waals surface area contributed by atoms with Gasteiger partial charge in [0.1, 0.15) is 11.6 Å². The molecule has 2 N–H and O–H groups in total. The molecule has 8 heteroatoms. The molecule has 1 aromatic heterocycles. The molecule has 0 aliphatic carbocycles. The number of rotatable bonds is 5. The van der Waals surface area contributed by atoms with Gasteiger partial charge in [0.15, 0.2) is 5.11 Å². The smallest absolute Gasteiger partial charge is 0.232 e. The van der Waals surface area contributed by atoms with E-state index in [1.165, 1.54) is 24.8 Å². The van der Waals surface area contributed by atoms with E-state index in [4.69, 9.17) is 26.9 Å². The Bertz CT molecular complexity index is 770. The number of nitrogens with zero attached hydrogens (tertiary/aromatic N) is 4. The zero-order valence-electron chi connectivity index (χ0n) is 16.6. The molecule has 154 valence electrons. The summed E-state index contributed by atoms with van der Waals surface area (Å²) in [6.07, 6.45) is 3.70. The number of nitrogens with one attached hydrogen (secondary N) is 2. The van der Waals surface area contributed by atoms with Crippen LogP contribution in [-0.2, 0) is 11.3 Å². The molecule has 7 nitrogen and oxygen atoms in total. The van der Waals surface area contributed by atoms with Crippen LogP contribution in [0, 0.1) is 0 Å². The summed E-state index contributed by atoms with van der Waals surface area (Å²) >= 11 is 5.49. The summed E-state index contributed by atoms with van der Waals surface area (Å²) in [6, 6.07) is 12.3. The third kappa shape index (κ3) is 5.55. The van der Waals surface area contributed by atoms with Crippen molar-refractivity contribution in [3.63, 3.8) is 0 Å². The van der Waals surface area contributed by atoms with Gasteiger partial charge in [-0.2, -0.15) is 9.97 Å². The van der Waals surface area contributed by atoms with Gasteiger partial charge in [0.2, 0.25) is 5.95 Å². The van der Waals surface area contributed by atoms with Gasteiger partial charge in [-0.3, -0.25) is 0 Å². The maximum Gasteiger partial charge on any atom is 0.232 e. The third-order valence-corrected chi connectivity index (χ3v) is 5.48. The summed E-state index contributed by atoms with van der Waals surface area (Å²) in [6.45, 7) is 5.87. The van der Waals surface area contributed by atoms with Crippen molar-refractivity contribution < 1.29 is 4.74 Å². The quantitative estimate of drug-likeness (QED) is 0.727. The minimum Gasteiger partial charge on any atom is -0.378 e. The van der Waals surface area contributed by atoms with Gasteiger partial charge in [0.25, 0.3) is 0 Å². The zero-order valence-corrected chi connectivity index (χ0v) is 17.5. The van der Waals surface area contributed by atoms with Crippen LogP contribution in [0.2, 0.25) is 0 Å². The second-order valence-electron chi connectivity index (χ2n) is 7.35. The summed E-state index contributed by atoms with van der Waals surface area (Å²) in [5.74, 6) is 2.44. The summed E-state index contributed by atoms with van der Waals surface area (Å²) in [7, 11) is 0. The number of morpholine rings is 1. The molecule has 2 aromatic rings. The van der Waals surface area contributed by atoms with Crippen molar-refractivity contribution >= 4 is 34.9 Å². The van der Waals surface area contributed by atoms with Crippen molar-refractivity contribution in [2.45, 2.75) is 25.8 Å². The van der Waals surface area contributed by atoms with Crippen molar-refractivity contribution in [1.29, 1.82) is 0 Å². The Morgan fingerprint density at radius 1 is 0.931 bits per heavy atom. The van der Waals surface area contributed by atoms with Crippen LogP contribution in [0.25, 0.3) is 0 Å². The molecule has 4 rings (SSSR count). The van der Waals surface area contributed by atoms with Crippen LogP contribution >= 0.6 is 12.2 Å². The van der Waals surface area contributed by atoms with Gasteiger partial charge in [-0.05, 0) is 37.0 Å². The monoisotopic (exact) mass is 412 g/mol. The molecule has 0 unspecified atom stereocenters. The fourth-order valence-corrected chi connectivity index (χ4v) is 3.80. The largest absolute Gasteiger partial charge is 0.378 e. The Kier molecular flexibility index (Phi) is 6.74. The Morgan fingerprint density at radius 3 is 2.28 bits per heavy atom. The van der Waals surface area contributed by atoms with Gasteiger partial charge >= 0.3 is 0 Å². The molecule has 0 saturated carbocycles. The number of aromatic nitrogens is 2. The highest BCUT2D eigenvalue weighted by Gasteiger charge is 2.19. The van der Waals surface area contributed by atoms with Crippen molar-refractivity contribution in [3.8, 4) is 0 Å². The Morgan fingerprint density at radius 2 is 1.59 bits per heavy atom. The van der Waals surface area contributed by atoms with E-state index in [0.29, 0.717) is 17.6 Å². The van der Waals surface area contributed by atoms with E-state index in [2.05, 4.69) is 38.6 Å². The van der Waals surface area contributed by atoms with Crippen LogP contribution in [0.15, 0.2) is 36.4 Å². The van der Waals surface area contributed by atoms with Crippen molar-refractivity contribution in [2.75, 3.05) is 54.5 Å². The van der Waals surface area contributed by atoms with E-state index in [0.717, 1.165) is 51.0 Å². The summed E-state index contributed by atoms with van der Waals surface area (Å²) < 4.78 is 5.49. The predicted molar refractivity (Wildman–Crippen MR) is 121 cm³/mol. The number of ether oxygens (including phenoxy) is 1. The van der Waals surface area contributed by atoms with Gasteiger partial charge < -0.3 is 25.2 Å². The van der Waals surface area contributed by atoms with Crippen LogP contribution in [0.5, 0.6) is 0 Å². The molecule has 29 heavy (non-hydrogen) atoms. The highest BCUT2D eigenvalue weighted by Crippen LogP contribution is 2.24. The molecule has 0 radical (unpaired) electrons. The molecule has 0 bridgehead atoms. The summed E-state index contributed by atoms with van der Waals surface area (Å²) in [4.78, 5) is 14.1. The van der Waals surface area contributed by atoms with Crippen LogP contribution in [0.3, 0.4) is 0 Å². The number of hydrogen-bond acceptors (Lipinski definition) is 6. The molecular formula is C21H28N6OS. The summed E-state index contributed by atoms with van der Waals surface area (Å²) in [5, 5.41) is 6.95. The van der Waals surface area contributed by atoms with Crippen LogP contribution < -0.4 is 20.4 Å². The van der Waals surface area contributed by atoms with Gasteiger partial charge in [-0.1, -0.05) is 30.3 Å². The van der Waals surface area contributed by atoms with Crippen molar-refractivity contribution in [3.05, 3.63) is 42.0 Å². The minimum absolute atomic E-state index is 0.526. The van der Waals surface area contributed by atoms with Gasteiger partial charge in [-0.15, -0.1) is 0 Å². The standard InChI is InChI=1S/C21H28N6OS/c29-21(22-16-17-7-3-1-4-8-17)25-20-23-18(26-9-5-2-6-10-26)15-19(24-20)27-11-13-28-14-12-27/h1,3-4,7-8,15H,2,5-6,9-14,16H2,(H2,22,23,24,25,29).